The van der Waals surface area contributed by atoms with Gasteiger partial charge in [0, 0.05) is 5.39 Å². The highest BCUT2D eigenvalue weighted by Crippen LogP contribution is 2.37. The highest BCUT2D eigenvalue weighted by atomic mass is 32.1. The molecule has 0 saturated carbocycles. The lowest BCUT2D eigenvalue weighted by atomic mass is 10.1. The Balaban J connectivity index is 1.93. The average molecular weight is 321 g/mol. The van der Waals surface area contributed by atoms with Crippen molar-refractivity contribution in [2.45, 2.75) is 0 Å². The minimum atomic E-state index is -1.04. The van der Waals surface area contributed by atoms with Gasteiger partial charge in [0.25, 0.3) is 0 Å². The van der Waals surface area contributed by atoms with E-state index in [0.717, 1.165) is 16.5 Å². The molecular weight excluding hydrogens is 310 g/mol. The molecule has 0 spiro atoms. The van der Waals surface area contributed by atoms with Crippen molar-refractivity contribution in [2.75, 3.05) is 0 Å². The summed E-state index contributed by atoms with van der Waals surface area (Å²) in [7, 11) is 0. The maximum absolute atomic E-state index is 11.6. The van der Waals surface area contributed by atoms with Crippen molar-refractivity contribution < 1.29 is 9.90 Å². The van der Waals surface area contributed by atoms with Gasteiger partial charge in [-0.15, -0.1) is 11.3 Å². The van der Waals surface area contributed by atoms with Gasteiger partial charge in [0.15, 0.2) is 5.69 Å². The van der Waals surface area contributed by atoms with Gasteiger partial charge in [0.05, 0.1) is 10.4 Å². The molecule has 2 aromatic heterocycles. The quantitative estimate of drug-likeness (QED) is 0.596. The monoisotopic (exact) mass is 321 g/mol. The predicted octanol–water partition coefficient (Wildman–Crippen LogP) is 4.05. The van der Waals surface area contributed by atoms with Crippen molar-refractivity contribution in [3.05, 3.63) is 60.3 Å². The molecular formula is C17H11N3O2S. The molecule has 0 amide bonds. The van der Waals surface area contributed by atoms with E-state index in [1.807, 2.05) is 54.6 Å². The second kappa shape index (κ2) is 5.33. The lowest BCUT2D eigenvalue weighted by Crippen LogP contribution is -1.98. The van der Waals surface area contributed by atoms with Crippen LogP contribution >= 0.6 is 11.3 Å². The molecule has 0 aliphatic rings. The molecule has 0 saturated heterocycles. The summed E-state index contributed by atoms with van der Waals surface area (Å²) in [5.74, 6) is -1.04. The maximum atomic E-state index is 11.6. The van der Waals surface area contributed by atoms with E-state index >= 15 is 0 Å². The van der Waals surface area contributed by atoms with Crippen LogP contribution in [0.15, 0.2) is 54.6 Å². The third-order valence-corrected chi connectivity index (χ3v) is 4.65. The molecule has 0 aliphatic carbocycles. The number of carboxylic acid groups (broad SMARTS) is 1. The van der Waals surface area contributed by atoms with E-state index < -0.39 is 5.97 Å². The van der Waals surface area contributed by atoms with Gasteiger partial charge in [-0.2, -0.15) is 5.10 Å². The summed E-state index contributed by atoms with van der Waals surface area (Å²) in [6.07, 6.45) is 0. The number of H-pyrrole nitrogens is 1. The molecule has 6 heteroatoms. The van der Waals surface area contributed by atoms with Crippen LogP contribution < -0.4 is 0 Å². The first-order valence-corrected chi connectivity index (χ1v) is 7.78. The van der Waals surface area contributed by atoms with Crippen molar-refractivity contribution in [3.63, 3.8) is 0 Å². The van der Waals surface area contributed by atoms with E-state index in [4.69, 9.17) is 0 Å². The van der Waals surface area contributed by atoms with Gasteiger partial charge in [-0.25, -0.2) is 9.78 Å². The number of nitrogens with one attached hydrogen (secondary N) is 1. The summed E-state index contributed by atoms with van der Waals surface area (Å²) in [4.78, 5) is 16.5. The molecule has 0 fully saturated rings. The number of aromatic carboxylic acids is 1. The van der Waals surface area contributed by atoms with Crippen LogP contribution in [0.5, 0.6) is 0 Å². The van der Waals surface area contributed by atoms with Crippen LogP contribution in [0.3, 0.4) is 0 Å². The Morgan fingerprint density at radius 3 is 2.57 bits per heavy atom. The topological polar surface area (TPSA) is 78.9 Å². The maximum Gasteiger partial charge on any atom is 0.356 e. The fourth-order valence-corrected chi connectivity index (χ4v) is 3.54. The lowest BCUT2D eigenvalue weighted by molar-refractivity contribution is 0.0692. The molecule has 0 atom stereocenters. The van der Waals surface area contributed by atoms with Gasteiger partial charge in [0.1, 0.15) is 10.7 Å². The van der Waals surface area contributed by atoms with Gasteiger partial charge < -0.3 is 5.11 Å². The molecule has 2 N–H and O–H groups in total. The number of para-hydroxylation sites is 1. The first-order chi connectivity index (χ1) is 11.2. The van der Waals surface area contributed by atoms with Crippen LogP contribution in [0.25, 0.3) is 32.0 Å². The van der Waals surface area contributed by atoms with Crippen LogP contribution in [0.2, 0.25) is 0 Å². The van der Waals surface area contributed by atoms with Gasteiger partial charge in [-0.05, 0) is 11.6 Å². The molecule has 2 heterocycles. The predicted molar refractivity (Wildman–Crippen MR) is 89.6 cm³/mol. The number of nitrogens with zero attached hydrogens (tertiary/aromatic N) is 2. The largest absolute Gasteiger partial charge is 0.476 e. The number of aromatic nitrogens is 3. The van der Waals surface area contributed by atoms with E-state index in [1.165, 1.54) is 11.3 Å². The first-order valence-electron chi connectivity index (χ1n) is 6.97. The van der Waals surface area contributed by atoms with E-state index in [0.29, 0.717) is 15.6 Å². The summed E-state index contributed by atoms with van der Waals surface area (Å²) in [6.45, 7) is 0. The SMILES string of the molecule is O=C(O)c1nc(-c2n[nH]c3ccccc23)sc1-c1ccccc1. The number of fused-ring (bicyclic) bond motifs is 1. The molecule has 23 heavy (non-hydrogen) atoms. The van der Waals surface area contributed by atoms with Crippen LogP contribution in [0.1, 0.15) is 10.5 Å². The number of rotatable bonds is 3. The molecule has 2 aromatic carbocycles. The summed E-state index contributed by atoms with van der Waals surface area (Å²) < 4.78 is 0. The Morgan fingerprint density at radius 2 is 1.78 bits per heavy atom. The molecule has 0 radical (unpaired) electrons. The molecule has 0 unspecified atom stereocenters. The summed E-state index contributed by atoms with van der Waals surface area (Å²) in [6, 6.07) is 17.1. The summed E-state index contributed by atoms with van der Waals surface area (Å²) in [5, 5.41) is 18.2. The van der Waals surface area contributed by atoms with Gasteiger partial charge >= 0.3 is 5.97 Å². The fraction of sp³-hybridized carbons (Fsp3) is 0. The summed E-state index contributed by atoms with van der Waals surface area (Å²) in [5.41, 5.74) is 2.47. The molecule has 4 aromatic rings. The second-order valence-electron chi connectivity index (χ2n) is 4.99. The molecule has 0 aliphatic heterocycles. The second-order valence-corrected chi connectivity index (χ2v) is 5.98. The third kappa shape index (κ3) is 2.29. The Kier molecular flexibility index (Phi) is 3.17. The Morgan fingerprint density at radius 1 is 1.04 bits per heavy atom. The Labute approximate surface area is 135 Å². The number of thiazole rings is 1. The Hall–Kier alpha value is -2.99. The molecule has 4 rings (SSSR count). The van der Waals surface area contributed by atoms with E-state index in [2.05, 4.69) is 15.2 Å². The summed E-state index contributed by atoms with van der Waals surface area (Å²) >= 11 is 1.34. The molecule has 0 bridgehead atoms. The number of benzene rings is 2. The van der Waals surface area contributed by atoms with E-state index in [9.17, 15) is 9.90 Å². The fourth-order valence-electron chi connectivity index (χ4n) is 2.48. The van der Waals surface area contributed by atoms with Crippen molar-refractivity contribution >= 4 is 28.2 Å². The van der Waals surface area contributed by atoms with Crippen molar-refractivity contribution in [1.29, 1.82) is 0 Å². The van der Waals surface area contributed by atoms with Crippen LogP contribution in [0, 0.1) is 0 Å². The zero-order valence-electron chi connectivity index (χ0n) is 11.9. The van der Waals surface area contributed by atoms with Crippen molar-refractivity contribution in [3.8, 4) is 21.1 Å². The zero-order chi connectivity index (χ0) is 15.8. The number of carboxylic acids is 1. The highest BCUT2D eigenvalue weighted by Gasteiger charge is 2.21. The highest BCUT2D eigenvalue weighted by molar-refractivity contribution is 7.18. The van der Waals surface area contributed by atoms with Crippen molar-refractivity contribution in [2.24, 2.45) is 0 Å². The molecule has 5 nitrogen and oxygen atoms in total. The van der Waals surface area contributed by atoms with Crippen LogP contribution in [0.4, 0.5) is 0 Å². The number of aromatic amines is 1. The van der Waals surface area contributed by atoms with Crippen LogP contribution in [-0.4, -0.2) is 26.3 Å². The van der Waals surface area contributed by atoms with E-state index in [1.54, 1.807) is 0 Å². The smallest absolute Gasteiger partial charge is 0.356 e. The average Bonchev–Trinajstić information content (AvgIpc) is 3.19. The van der Waals surface area contributed by atoms with E-state index in [-0.39, 0.29) is 5.69 Å². The van der Waals surface area contributed by atoms with Gasteiger partial charge in [-0.1, -0.05) is 48.5 Å². The minimum absolute atomic E-state index is 0.0586. The lowest BCUT2D eigenvalue weighted by Gasteiger charge is -1.97. The van der Waals surface area contributed by atoms with Gasteiger partial charge in [-0.3, -0.25) is 5.10 Å². The first kappa shape index (κ1) is 13.7. The normalized spacial score (nSPS) is 11.0. The van der Waals surface area contributed by atoms with Gasteiger partial charge in [0.2, 0.25) is 0 Å². The van der Waals surface area contributed by atoms with Crippen molar-refractivity contribution in [1.82, 2.24) is 15.2 Å². The number of hydrogen-bond donors (Lipinski definition) is 2. The third-order valence-electron chi connectivity index (χ3n) is 3.54. The standard InChI is InChI=1S/C17H11N3O2S/c21-17(22)14-15(10-6-2-1-3-7-10)23-16(18-14)13-11-8-4-5-9-12(11)19-20-13/h1-9H,(H,19,20)(H,21,22). The zero-order valence-corrected chi connectivity index (χ0v) is 12.7. The van der Waals surface area contributed by atoms with Crippen LogP contribution in [-0.2, 0) is 0 Å². The Bertz CT molecular complexity index is 1010. The molecule has 112 valence electrons. The number of carbonyl (C=O) groups is 1. The minimum Gasteiger partial charge on any atom is -0.476 e. The number of hydrogen-bond acceptors (Lipinski definition) is 4.